The van der Waals surface area contributed by atoms with Gasteiger partial charge in [0, 0.05) is 13.2 Å². The lowest BCUT2D eigenvalue weighted by atomic mass is 10.5. The Morgan fingerprint density at radius 1 is 1.32 bits per heavy atom. The highest BCUT2D eigenvalue weighted by molar-refractivity contribution is 6.37. The Morgan fingerprint density at radius 3 is 2.79 bits per heavy atom. The van der Waals surface area contributed by atoms with Crippen LogP contribution in [-0.2, 0) is 19.1 Å². The van der Waals surface area contributed by atoms with Crippen molar-refractivity contribution in [2.45, 2.75) is 6.92 Å². The summed E-state index contributed by atoms with van der Waals surface area (Å²) in [6.07, 6.45) is 1.21. The fraction of sp³-hybridized carbons (Fsp3) is 0.455. The molecule has 104 valence electrons. The molecule has 0 aliphatic carbocycles. The molecule has 0 radical (unpaired) electrons. The first kappa shape index (κ1) is 14.8. The van der Waals surface area contributed by atoms with Crippen molar-refractivity contribution in [1.29, 1.82) is 0 Å². The molecule has 0 aromatic carbocycles. The van der Waals surface area contributed by atoms with Crippen molar-refractivity contribution >= 4 is 17.7 Å². The molecule has 0 aliphatic rings. The van der Waals surface area contributed by atoms with E-state index < -0.39 is 11.9 Å². The molecule has 8 nitrogen and oxygen atoms in total. The Balaban J connectivity index is 2.56. The van der Waals surface area contributed by atoms with Gasteiger partial charge in [-0.25, -0.2) is 14.8 Å². The molecular weight excluding hydrogens is 254 g/mol. The molecule has 0 bridgehead atoms. The van der Waals surface area contributed by atoms with Gasteiger partial charge in [-0.1, -0.05) is 0 Å². The number of amides is 1. The smallest absolute Gasteiger partial charge is 0.397 e. The van der Waals surface area contributed by atoms with Gasteiger partial charge < -0.3 is 19.5 Å². The van der Waals surface area contributed by atoms with Crippen LogP contribution in [0, 0.1) is 0 Å². The van der Waals surface area contributed by atoms with Gasteiger partial charge >= 0.3 is 11.9 Å². The summed E-state index contributed by atoms with van der Waals surface area (Å²) in [7, 11) is 1.55. The summed E-state index contributed by atoms with van der Waals surface area (Å²) in [6.45, 7) is 2.46. The average molecular weight is 269 g/mol. The molecule has 8 heteroatoms. The zero-order valence-electron chi connectivity index (χ0n) is 10.7. The molecule has 0 spiro atoms. The number of nitrogens with zero attached hydrogens (tertiary/aromatic N) is 2. The van der Waals surface area contributed by atoms with E-state index in [-0.39, 0.29) is 18.3 Å². The lowest BCUT2D eigenvalue weighted by molar-refractivity contribution is -0.152. The van der Waals surface area contributed by atoms with Crippen LogP contribution in [0.2, 0.25) is 0 Å². The molecule has 1 aromatic rings. The lowest BCUT2D eigenvalue weighted by Crippen LogP contribution is -2.25. The van der Waals surface area contributed by atoms with E-state index >= 15 is 0 Å². The number of aromatic nitrogens is 2. The van der Waals surface area contributed by atoms with Crippen LogP contribution in [0.3, 0.4) is 0 Å². The SMILES string of the molecule is CCOC(=O)C(=O)Nc1cc(OCCOC)ncn1. The number of hydrogen-bond acceptors (Lipinski definition) is 7. The monoisotopic (exact) mass is 269 g/mol. The largest absolute Gasteiger partial charge is 0.475 e. The fourth-order valence-corrected chi connectivity index (χ4v) is 1.08. The van der Waals surface area contributed by atoms with E-state index in [1.807, 2.05) is 0 Å². The van der Waals surface area contributed by atoms with Crippen molar-refractivity contribution in [3.63, 3.8) is 0 Å². The van der Waals surface area contributed by atoms with Gasteiger partial charge in [0.2, 0.25) is 5.88 Å². The number of carbonyl (C=O) groups excluding carboxylic acids is 2. The summed E-state index contributed by atoms with van der Waals surface area (Å²) in [6, 6.07) is 1.40. The van der Waals surface area contributed by atoms with Gasteiger partial charge in [-0.05, 0) is 6.92 Å². The maximum atomic E-state index is 11.4. The Bertz CT molecular complexity index is 438. The molecule has 0 aliphatic heterocycles. The topological polar surface area (TPSA) is 99.6 Å². The Hall–Kier alpha value is -2.22. The van der Waals surface area contributed by atoms with Crippen LogP contribution in [0.25, 0.3) is 0 Å². The first-order chi connectivity index (χ1) is 9.17. The molecule has 0 unspecified atom stereocenters. The van der Waals surface area contributed by atoms with Crippen molar-refractivity contribution in [2.75, 3.05) is 32.2 Å². The average Bonchev–Trinajstić information content (AvgIpc) is 2.40. The van der Waals surface area contributed by atoms with Gasteiger partial charge in [0.1, 0.15) is 18.8 Å². The molecule has 1 aromatic heterocycles. The van der Waals surface area contributed by atoms with Crippen molar-refractivity contribution in [2.24, 2.45) is 0 Å². The molecule has 19 heavy (non-hydrogen) atoms. The van der Waals surface area contributed by atoms with E-state index in [0.717, 1.165) is 0 Å². The maximum Gasteiger partial charge on any atom is 0.397 e. The summed E-state index contributed by atoms with van der Waals surface area (Å²) in [5.41, 5.74) is 0. The van der Waals surface area contributed by atoms with E-state index in [4.69, 9.17) is 9.47 Å². The molecule has 0 fully saturated rings. The second-order valence-electron chi connectivity index (χ2n) is 3.26. The highest BCUT2D eigenvalue weighted by Crippen LogP contribution is 2.10. The zero-order valence-corrected chi connectivity index (χ0v) is 10.7. The fourth-order valence-electron chi connectivity index (χ4n) is 1.08. The molecule has 1 heterocycles. The number of anilines is 1. The van der Waals surface area contributed by atoms with Crippen LogP contribution in [0.5, 0.6) is 5.88 Å². The van der Waals surface area contributed by atoms with E-state index in [0.29, 0.717) is 13.2 Å². The van der Waals surface area contributed by atoms with Crippen LogP contribution in [0.4, 0.5) is 5.82 Å². The minimum atomic E-state index is -0.969. The van der Waals surface area contributed by atoms with Crippen molar-refractivity contribution < 1.29 is 23.8 Å². The number of ether oxygens (including phenoxy) is 3. The third kappa shape index (κ3) is 5.30. The third-order valence-electron chi connectivity index (χ3n) is 1.88. The zero-order chi connectivity index (χ0) is 14.1. The molecule has 1 rings (SSSR count). The number of carbonyl (C=O) groups is 2. The van der Waals surface area contributed by atoms with Gasteiger partial charge in [0.05, 0.1) is 13.2 Å². The van der Waals surface area contributed by atoms with Gasteiger partial charge in [0.15, 0.2) is 0 Å². The third-order valence-corrected chi connectivity index (χ3v) is 1.88. The molecule has 0 saturated carbocycles. The van der Waals surface area contributed by atoms with Crippen LogP contribution in [0.15, 0.2) is 12.4 Å². The van der Waals surface area contributed by atoms with E-state index in [1.54, 1.807) is 14.0 Å². The highest BCUT2D eigenvalue weighted by Gasteiger charge is 2.15. The second-order valence-corrected chi connectivity index (χ2v) is 3.26. The first-order valence-electron chi connectivity index (χ1n) is 5.59. The van der Waals surface area contributed by atoms with E-state index in [2.05, 4.69) is 20.0 Å². The summed E-state index contributed by atoms with van der Waals surface area (Å²) < 4.78 is 14.6. The summed E-state index contributed by atoms with van der Waals surface area (Å²) >= 11 is 0. The Kier molecular flexibility index (Phi) is 6.23. The minimum absolute atomic E-state index is 0.126. The van der Waals surface area contributed by atoms with Crippen molar-refractivity contribution in [3.8, 4) is 5.88 Å². The lowest BCUT2D eigenvalue weighted by Gasteiger charge is -2.06. The number of methoxy groups -OCH3 is 1. The second kappa shape index (κ2) is 7.98. The quantitative estimate of drug-likeness (QED) is 0.441. The normalized spacial score (nSPS) is 9.79. The maximum absolute atomic E-state index is 11.4. The summed E-state index contributed by atoms with van der Waals surface area (Å²) in [4.78, 5) is 30.1. The Labute approximate surface area is 110 Å². The number of nitrogens with one attached hydrogen (secondary N) is 1. The molecule has 0 saturated heterocycles. The van der Waals surface area contributed by atoms with Crippen LogP contribution >= 0.6 is 0 Å². The van der Waals surface area contributed by atoms with E-state index in [9.17, 15) is 9.59 Å². The van der Waals surface area contributed by atoms with Gasteiger partial charge in [-0.2, -0.15) is 0 Å². The highest BCUT2D eigenvalue weighted by atomic mass is 16.5. The van der Waals surface area contributed by atoms with Crippen LogP contribution < -0.4 is 10.1 Å². The van der Waals surface area contributed by atoms with Gasteiger partial charge in [-0.3, -0.25) is 4.79 Å². The number of esters is 1. The van der Waals surface area contributed by atoms with Crippen LogP contribution in [0.1, 0.15) is 6.92 Å². The number of hydrogen-bond donors (Lipinski definition) is 1. The van der Waals surface area contributed by atoms with Crippen molar-refractivity contribution in [1.82, 2.24) is 9.97 Å². The molecule has 0 atom stereocenters. The van der Waals surface area contributed by atoms with E-state index in [1.165, 1.54) is 12.4 Å². The first-order valence-corrected chi connectivity index (χ1v) is 5.59. The summed E-state index contributed by atoms with van der Waals surface area (Å²) in [5.74, 6) is -1.45. The molecule has 1 amide bonds. The van der Waals surface area contributed by atoms with Crippen molar-refractivity contribution in [3.05, 3.63) is 12.4 Å². The predicted octanol–water partition coefficient (Wildman–Crippen LogP) is 0.00340. The van der Waals surface area contributed by atoms with Gasteiger partial charge in [0.25, 0.3) is 0 Å². The standard InChI is InChI=1S/C11H15N3O5/c1-3-18-11(16)10(15)14-8-6-9(13-7-12-8)19-5-4-17-2/h6-7H,3-5H2,1-2H3,(H,12,13,14,15). The molecular formula is C11H15N3O5. The number of rotatable bonds is 6. The minimum Gasteiger partial charge on any atom is -0.475 e. The summed E-state index contributed by atoms with van der Waals surface area (Å²) in [5, 5.41) is 2.28. The van der Waals surface area contributed by atoms with Crippen LogP contribution in [-0.4, -0.2) is 48.8 Å². The predicted molar refractivity (Wildman–Crippen MR) is 64.7 cm³/mol. The van der Waals surface area contributed by atoms with Gasteiger partial charge in [-0.15, -0.1) is 0 Å². The molecule has 1 N–H and O–H groups in total. The Morgan fingerprint density at radius 2 is 2.11 bits per heavy atom.